The van der Waals surface area contributed by atoms with E-state index in [-0.39, 0.29) is 74.3 Å². The third-order valence-corrected chi connectivity index (χ3v) is 8.19. The van der Waals surface area contributed by atoms with E-state index in [9.17, 15) is 14.4 Å². The summed E-state index contributed by atoms with van der Waals surface area (Å²) < 4.78 is 48.3. The molecule has 0 amide bonds. The number of unbranched alkanes of at least 4 members (excludes halogenated alkanes) is 1. The van der Waals surface area contributed by atoms with Gasteiger partial charge in [0.05, 0.1) is 115 Å². The minimum absolute atomic E-state index is 0.0613. The molecular formula is C46H95N3O13. The van der Waals surface area contributed by atoms with Gasteiger partial charge < -0.3 is 47.7 Å². The van der Waals surface area contributed by atoms with Gasteiger partial charge in [-0.05, 0) is 96.4 Å². The van der Waals surface area contributed by atoms with E-state index in [0.29, 0.717) is 91.9 Å². The Morgan fingerprint density at radius 3 is 0.984 bits per heavy atom. The molecule has 0 saturated carbocycles. The Morgan fingerprint density at radius 2 is 0.710 bits per heavy atom. The summed E-state index contributed by atoms with van der Waals surface area (Å²) in [6.07, 6.45) is 3.98. The van der Waals surface area contributed by atoms with Crippen LogP contribution in [0.1, 0.15) is 123 Å². The van der Waals surface area contributed by atoms with Crippen LogP contribution < -0.4 is 0 Å². The highest BCUT2D eigenvalue weighted by Crippen LogP contribution is 2.01. The molecule has 16 nitrogen and oxygen atoms in total. The molecule has 0 unspecified atom stereocenters. The fraction of sp³-hybridized carbons (Fsp3) is 0.935. The summed E-state index contributed by atoms with van der Waals surface area (Å²) >= 11 is 0. The molecule has 0 rings (SSSR count). The zero-order valence-corrected chi connectivity index (χ0v) is 41.9. The smallest absolute Gasteiger partial charge is 0.320 e. The average Bonchev–Trinajstić information content (AvgIpc) is 3.17. The number of rotatable bonds is 38. The predicted molar refractivity (Wildman–Crippen MR) is 246 cm³/mol. The summed E-state index contributed by atoms with van der Waals surface area (Å²) in [5, 5.41) is 8.61. The fourth-order valence-electron chi connectivity index (χ4n) is 4.97. The van der Waals surface area contributed by atoms with Crippen molar-refractivity contribution in [1.29, 1.82) is 0 Å². The molecule has 0 fully saturated rings. The number of carbonyl (C=O) groups excluding carboxylic acids is 3. The van der Waals surface area contributed by atoms with E-state index >= 15 is 0 Å². The molecule has 0 aromatic carbocycles. The van der Waals surface area contributed by atoms with Gasteiger partial charge in [0.25, 0.3) is 0 Å². The Kier molecular flexibility index (Phi) is 47.3. The number of nitrogens with zero attached hydrogens (tertiary/aromatic N) is 3. The molecule has 0 spiro atoms. The van der Waals surface area contributed by atoms with Crippen molar-refractivity contribution in [2.75, 3.05) is 125 Å². The standard InChI is InChI=1S/C17H35NO4.C15H31NO5.C14H29NO4/c1-6-7-12-22-17(19)8-9-18(10-13-20-15(2)3)11-14-21-16(4)5;1-13(2)19-10-7-16(8-11-20-14(3)4)6-5-15(18)21-12-9-17;1-6-17-14(16)11-15(7-9-18-12(2)3)8-10-19-13(4)5/h15-16H,6-14H2,1-5H3;13-14,17H,5-12H2,1-4H3;12-13H,6-11H2,1-5H3. The highest BCUT2D eigenvalue weighted by molar-refractivity contribution is 5.71. The fourth-order valence-corrected chi connectivity index (χ4v) is 4.97. The first-order valence-corrected chi connectivity index (χ1v) is 23.3. The number of hydrogen-bond donors (Lipinski definition) is 1. The maximum absolute atomic E-state index is 11.7. The van der Waals surface area contributed by atoms with Crippen molar-refractivity contribution < 1.29 is 62.1 Å². The molecule has 0 aromatic rings. The molecule has 0 aliphatic rings. The van der Waals surface area contributed by atoms with Crippen molar-refractivity contribution in [3.8, 4) is 0 Å². The maximum atomic E-state index is 11.7. The molecule has 372 valence electrons. The molecule has 62 heavy (non-hydrogen) atoms. The van der Waals surface area contributed by atoms with E-state index in [1.807, 2.05) is 94.9 Å². The predicted octanol–water partition coefficient (Wildman–Crippen LogP) is 5.64. The minimum Gasteiger partial charge on any atom is -0.466 e. The van der Waals surface area contributed by atoms with Crippen molar-refractivity contribution in [2.24, 2.45) is 0 Å². The van der Waals surface area contributed by atoms with Gasteiger partial charge in [0, 0.05) is 52.4 Å². The normalized spacial score (nSPS) is 11.6. The zero-order chi connectivity index (χ0) is 47.6. The van der Waals surface area contributed by atoms with Crippen LogP contribution in [-0.2, 0) is 57.0 Å². The van der Waals surface area contributed by atoms with Crippen LogP contribution in [0, 0.1) is 0 Å². The van der Waals surface area contributed by atoms with Crippen LogP contribution in [0.4, 0.5) is 0 Å². The first-order valence-electron chi connectivity index (χ1n) is 23.3. The van der Waals surface area contributed by atoms with E-state index in [0.717, 1.165) is 39.0 Å². The molecule has 0 radical (unpaired) electrons. The number of aliphatic hydroxyl groups is 1. The van der Waals surface area contributed by atoms with E-state index in [1.54, 1.807) is 0 Å². The van der Waals surface area contributed by atoms with Crippen LogP contribution in [-0.4, -0.2) is 199 Å². The van der Waals surface area contributed by atoms with Crippen LogP contribution in [0.2, 0.25) is 0 Å². The number of carbonyl (C=O) groups is 3. The number of ether oxygens (including phenoxy) is 9. The second-order valence-electron chi connectivity index (χ2n) is 16.3. The third kappa shape index (κ3) is 52.4. The van der Waals surface area contributed by atoms with E-state index in [4.69, 9.17) is 47.7 Å². The van der Waals surface area contributed by atoms with Gasteiger partial charge in [-0.1, -0.05) is 13.3 Å². The van der Waals surface area contributed by atoms with Crippen molar-refractivity contribution in [3.05, 3.63) is 0 Å². The highest BCUT2D eigenvalue weighted by Gasteiger charge is 2.14. The molecule has 0 bridgehead atoms. The van der Waals surface area contributed by atoms with E-state index in [1.165, 1.54) is 0 Å². The number of aliphatic hydroxyl groups excluding tert-OH is 1. The largest absolute Gasteiger partial charge is 0.466 e. The lowest BCUT2D eigenvalue weighted by molar-refractivity contribution is -0.145. The van der Waals surface area contributed by atoms with Crippen LogP contribution in [0.25, 0.3) is 0 Å². The Morgan fingerprint density at radius 1 is 0.403 bits per heavy atom. The minimum atomic E-state index is -0.288. The lowest BCUT2D eigenvalue weighted by Crippen LogP contribution is -2.37. The number of esters is 3. The summed E-state index contributed by atoms with van der Waals surface area (Å²) in [6, 6.07) is 0. The Balaban J connectivity index is -0.000000845. The molecule has 0 aliphatic heterocycles. The van der Waals surface area contributed by atoms with Gasteiger partial charge in [0.1, 0.15) is 6.61 Å². The first kappa shape index (κ1) is 64.3. The SMILES string of the molecule is CC(C)OCCN(CCOC(C)C)CCC(=O)OCCO.CCCCOC(=O)CCN(CCOC(C)C)CCOC(C)C.CCOC(=O)CN(CCOC(C)C)CCOC(C)C. The molecule has 0 aromatic heterocycles. The molecule has 0 aliphatic carbocycles. The van der Waals surface area contributed by atoms with Crippen LogP contribution in [0.15, 0.2) is 0 Å². The van der Waals surface area contributed by atoms with Crippen LogP contribution in [0.3, 0.4) is 0 Å². The van der Waals surface area contributed by atoms with Gasteiger partial charge in [-0.2, -0.15) is 0 Å². The first-order chi connectivity index (χ1) is 29.4. The van der Waals surface area contributed by atoms with Crippen LogP contribution >= 0.6 is 0 Å². The van der Waals surface area contributed by atoms with Crippen molar-refractivity contribution in [1.82, 2.24) is 14.7 Å². The molecule has 0 saturated heterocycles. The van der Waals surface area contributed by atoms with Gasteiger partial charge in [-0.15, -0.1) is 0 Å². The van der Waals surface area contributed by atoms with Crippen molar-refractivity contribution in [2.45, 2.75) is 159 Å². The Labute approximate surface area is 378 Å². The maximum Gasteiger partial charge on any atom is 0.320 e. The molecule has 16 heteroatoms. The van der Waals surface area contributed by atoms with Gasteiger partial charge in [-0.25, -0.2) is 0 Å². The molecule has 0 atom stereocenters. The zero-order valence-electron chi connectivity index (χ0n) is 41.9. The second kappa shape index (κ2) is 45.6. The lowest BCUT2D eigenvalue weighted by atomic mass is 10.3. The molecule has 1 N–H and O–H groups in total. The number of hydrogen-bond acceptors (Lipinski definition) is 16. The Bertz CT molecular complexity index is 961. The molecule has 0 heterocycles. The van der Waals surface area contributed by atoms with E-state index in [2.05, 4.69) is 16.7 Å². The quantitative estimate of drug-likeness (QED) is 0.0460. The summed E-state index contributed by atoms with van der Waals surface area (Å²) in [5.74, 6) is -0.604. The van der Waals surface area contributed by atoms with Crippen molar-refractivity contribution in [3.63, 3.8) is 0 Å². The summed E-state index contributed by atoms with van der Waals surface area (Å²) in [4.78, 5) is 41.0. The van der Waals surface area contributed by atoms with Crippen LogP contribution in [0.5, 0.6) is 0 Å². The third-order valence-electron chi connectivity index (χ3n) is 8.19. The Hall–Kier alpha value is -1.99. The second-order valence-corrected chi connectivity index (χ2v) is 16.3. The topological polar surface area (TPSA) is 164 Å². The highest BCUT2D eigenvalue weighted by atomic mass is 16.5. The van der Waals surface area contributed by atoms with Gasteiger partial charge >= 0.3 is 17.9 Å². The van der Waals surface area contributed by atoms with E-state index < -0.39 is 0 Å². The lowest BCUT2D eigenvalue weighted by Gasteiger charge is -2.23. The van der Waals surface area contributed by atoms with Crippen molar-refractivity contribution >= 4 is 17.9 Å². The van der Waals surface area contributed by atoms with Gasteiger partial charge in [0.2, 0.25) is 0 Å². The monoisotopic (exact) mass is 898 g/mol. The van der Waals surface area contributed by atoms with Gasteiger partial charge in [0.15, 0.2) is 0 Å². The molecular weight excluding hydrogens is 803 g/mol. The van der Waals surface area contributed by atoms with Gasteiger partial charge in [-0.3, -0.25) is 29.1 Å². The average molecular weight is 898 g/mol. The summed E-state index contributed by atoms with van der Waals surface area (Å²) in [5.41, 5.74) is 0. The summed E-state index contributed by atoms with van der Waals surface area (Å²) in [6.45, 7) is 38.8. The summed E-state index contributed by atoms with van der Waals surface area (Å²) in [7, 11) is 0.